The molecule has 1 amide bonds. The van der Waals surface area contributed by atoms with Crippen LogP contribution in [0, 0.1) is 13.8 Å². The average Bonchev–Trinajstić information content (AvgIpc) is 3.23. The van der Waals surface area contributed by atoms with Gasteiger partial charge in [0.05, 0.1) is 16.4 Å². The summed E-state index contributed by atoms with van der Waals surface area (Å²) >= 11 is 3.41. The van der Waals surface area contributed by atoms with Crippen molar-refractivity contribution < 1.29 is 13.2 Å². The number of carbonyl (C=O) groups excluding carboxylic acids is 1. The number of sulfonamides is 1. The first-order valence-electron chi connectivity index (χ1n) is 9.24. The van der Waals surface area contributed by atoms with E-state index in [4.69, 9.17) is 0 Å². The maximum Gasteiger partial charge on any atom is 0.246 e. The summed E-state index contributed by atoms with van der Waals surface area (Å²) < 4.78 is 31.6. The Balaban J connectivity index is 1.58. The lowest BCUT2D eigenvalue weighted by Gasteiger charge is -2.34. The SMILES string of the molecule is CCn1cc(S(=O)(=O)N2CCN(C(=O)CCn3ncc(Br)c3C)CC2)c(C)n1. The van der Waals surface area contributed by atoms with Crippen LogP contribution in [-0.2, 0) is 27.9 Å². The molecule has 0 atom stereocenters. The monoisotopic (exact) mass is 472 g/mol. The van der Waals surface area contributed by atoms with Crippen molar-refractivity contribution in [1.82, 2.24) is 28.8 Å². The fourth-order valence-electron chi connectivity index (χ4n) is 3.24. The second-order valence-electron chi connectivity index (χ2n) is 6.77. The molecule has 11 heteroatoms. The van der Waals surface area contributed by atoms with Gasteiger partial charge in [0.2, 0.25) is 15.9 Å². The van der Waals surface area contributed by atoms with E-state index < -0.39 is 10.0 Å². The largest absolute Gasteiger partial charge is 0.340 e. The van der Waals surface area contributed by atoms with Crippen molar-refractivity contribution >= 4 is 31.9 Å². The van der Waals surface area contributed by atoms with E-state index in [0.717, 1.165) is 10.2 Å². The number of amides is 1. The Morgan fingerprint density at radius 2 is 1.89 bits per heavy atom. The quantitative estimate of drug-likeness (QED) is 0.633. The third-order valence-corrected chi connectivity index (χ3v) is 7.80. The Morgan fingerprint density at radius 3 is 2.43 bits per heavy atom. The van der Waals surface area contributed by atoms with Crippen LogP contribution in [0.2, 0.25) is 0 Å². The molecule has 0 N–H and O–H groups in total. The number of halogens is 1. The second kappa shape index (κ2) is 8.34. The van der Waals surface area contributed by atoms with Gasteiger partial charge in [-0.25, -0.2) is 8.42 Å². The van der Waals surface area contributed by atoms with E-state index >= 15 is 0 Å². The first-order valence-corrected chi connectivity index (χ1v) is 11.5. The minimum Gasteiger partial charge on any atom is -0.340 e. The van der Waals surface area contributed by atoms with E-state index in [2.05, 4.69) is 26.1 Å². The number of hydrogen-bond donors (Lipinski definition) is 0. The summed E-state index contributed by atoms with van der Waals surface area (Å²) in [4.78, 5) is 14.5. The lowest BCUT2D eigenvalue weighted by Crippen LogP contribution is -2.50. The van der Waals surface area contributed by atoms with Crippen molar-refractivity contribution in [2.75, 3.05) is 26.2 Å². The maximum atomic E-state index is 12.9. The molecule has 1 saturated heterocycles. The molecule has 1 aliphatic rings. The molecule has 2 aromatic heterocycles. The number of aryl methyl sites for hydroxylation is 3. The molecule has 1 fully saturated rings. The van der Waals surface area contributed by atoms with E-state index in [1.807, 2.05) is 13.8 Å². The van der Waals surface area contributed by atoms with Crippen molar-refractivity contribution in [3.8, 4) is 0 Å². The van der Waals surface area contributed by atoms with Gasteiger partial charge in [0, 0.05) is 57.6 Å². The van der Waals surface area contributed by atoms with Crippen LogP contribution in [0.4, 0.5) is 0 Å². The van der Waals surface area contributed by atoms with Gasteiger partial charge in [-0.3, -0.25) is 14.2 Å². The Bertz CT molecular complexity index is 960. The first-order chi connectivity index (χ1) is 13.2. The molecule has 0 saturated carbocycles. The third kappa shape index (κ3) is 4.15. The van der Waals surface area contributed by atoms with Gasteiger partial charge in [-0.1, -0.05) is 0 Å². The topological polar surface area (TPSA) is 93.3 Å². The van der Waals surface area contributed by atoms with Crippen LogP contribution in [0.15, 0.2) is 21.8 Å². The molecule has 0 bridgehead atoms. The molecule has 0 aliphatic carbocycles. The predicted molar refractivity (Wildman–Crippen MR) is 107 cm³/mol. The summed E-state index contributed by atoms with van der Waals surface area (Å²) in [5, 5.41) is 8.46. The van der Waals surface area contributed by atoms with Gasteiger partial charge in [0.25, 0.3) is 0 Å². The zero-order valence-corrected chi connectivity index (χ0v) is 18.7. The van der Waals surface area contributed by atoms with Gasteiger partial charge in [-0.15, -0.1) is 0 Å². The molecule has 9 nitrogen and oxygen atoms in total. The van der Waals surface area contributed by atoms with Crippen molar-refractivity contribution in [3.63, 3.8) is 0 Å². The molecular formula is C17H25BrN6O3S. The molecule has 154 valence electrons. The lowest BCUT2D eigenvalue weighted by atomic mass is 10.3. The molecule has 3 heterocycles. The Labute approximate surface area is 173 Å². The Morgan fingerprint density at radius 1 is 1.21 bits per heavy atom. The molecule has 0 radical (unpaired) electrons. The van der Waals surface area contributed by atoms with Crippen LogP contribution in [0.25, 0.3) is 0 Å². The smallest absolute Gasteiger partial charge is 0.246 e. The molecule has 0 spiro atoms. The number of aromatic nitrogens is 4. The van der Waals surface area contributed by atoms with Crippen molar-refractivity contribution in [2.45, 2.75) is 45.2 Å². The zero-order chi connectivity index (χ0) is 20.5. The highest BCUT2D eigenvalue weighted by Gasteiger charge is 2.32. The van der Waals surface area contributed by atoms with Crippen molar-refractivity contribution in [2.24, 2.45) is 0 Å². The van der Waals surface area contributed by atoms with Crippen LogP contribution in [0.5, 0.6) is 0 Å². The molecule has 28 heavy (non-hydrogen) atoms. The van der Waals surface area contributed by atoms with Crippen LogP contribution in [0.1, 0.15) is 24.7 Å². The van der Waals surface area contributed by atoms with E-state index in [0.29, 0.717) is 38.3 Å². The van der Waals surface area contributed by atoms with Crippen LogP contribution < -0.4 is 0 Å². The fraction of sp³-hybridized carbons (Fsp3) is 0.588. The highest BCUT2D eigenvalue weighted by molar-refractivity contribution is 9.10. The summed E-state index contributed by atoms with van der Waals surface area (Å²) in [6.07, 6.45) is 3.63. The number of hydrogen-bond acceptors (Lipinski definition) is 5. The fourth-order valence-corrected chi connectivity index (χ4v) is 5.13. The van der Waals surface area contributed by atoms with Crippen molar-refractivity contribution in [1.29, 1.82) is 0 Å². The average molecular weight is 473 g/mol. The maximum absolute atomic E-state index is 12.9. The summed E-state index contributed by atoms with van der Waals surface area (Å²) in [6.45, 7) is 8.03. The first kappa shape index (κ1) is 21.0. The normalized spacial score (nSPS) is 15.9. The number of piperazine rings is 1. The Kier molecular flexibility index (Phi) is 6.25. The lowest BCUT2D eigenvalue weighted by molar-refractivity contribution is -0.132. The predicted octanol–water partition coefficient (Wildman–Crippen LogP) is 1.40. The summed E-state index contributed by atoms with van der Waals surface area (Å²) in [6, 6.07) is 0. The molecule has 1 aliphatic heterocycles. The van der Waals surface area contributed by atoms with Gasteiger partial charge < -0.3 is 4.90 Å². The summed E-state index contributed by atoms with van der Waals surface area (Å²) in [7, 11) is -3.60. The molecule has 2 aromatic rings. The number of nitrogens with zero attached hydrogens (tertiary/aromatic N) is 6. The van der Waals surface area contributed by atoms with E-state index in [1.165, 1.54) is 4.31 Å². The summed E-state index contributed by atoms with van der Waals surface area (Å²) in [5.41, 5.74) is 1.48. The molecule has 3 rings (SSSR count). The van der Waals surface area contributed by atoms with Gasteiger partial charge in [-0.2, -0.15) is 14.5 Å². The standard InChI is InChI=1S/C17H25BrN6O3S/c1-4-22-12-16(13(2)20-22)28(26,27)23-9-7-21(8-10-23)17(25)5-6-24-14(3)15(18)11-19-24/h11-12H,4-10H2,1-3H3. The van der Waals surface area contributed by atoms with E-state index in [9.17, 15) is 13.2 Å². The minimum absolute atomic E-state index is 0.0121. The highest BCUT2D eigenvalue weighted by Crippen LogP contribution is 2.21. The summed E-state index contributed by atoms with van der Waals surface area (Å²) in [5.74, 6) is 0.0121. The van der Waals surface area contributed by atoms with Gasteiger partial charge in [0.15, 0.2) is 0 Å². The second-order valence-corrected chi connectivity index (χ2v) is 9.53. The number of rotatable bonds is 6. The van der Waals surface area contributed by atoms with Crippen LogP contribution in [0.3, 0.4) is 0 Å². The zero-order valence-electron chi connectivity index (χ0n) is 16.3. The van der Waals surface area contributed by atoms with Crippen LogP contribution in [-0.4, -0.2) is 69.3 Å². The Hall–Kier alpha value is -1.72. The third-order valence-electron chi connectivity index (χ3n) is 5.02. The molecular weight excluding hydrogens is 448 g/mol. The van der Waals surface area contributed by atoms with Gasteiger partial charge >= 0.3 is 0 Å². The van der Waals surface area contributed by atoms with Gasteiger partial charge in [0.1, 0.15) is 4.90 Å². The number of carbonyl (C=O) groups is 1. The highest BCUT2D eigenvalue weighted by atomic mass is 79.9. The molecule has 0 unspecified atom stereocenters. The van der Waals surface area contributed by atoms with Crippen molar-refractivity contribution in [3.05, 3.63) is 28.3 Å². The van der Waals surface area contributed by atoms with Crippen LogP contribution >= 0.6 is 15.9 Å². The molecule has 0 aromatic carbocycles. The minimum atomic E-state index is -3.60. The van der Waals surface area contributed by atoms with Gasteiger partial charge in [-0.05, 0) is 36.7 Å². The van der Waals surface area contributed by atoms with E-state index in [-0.39, 0.29) is 23.9 Å². The van der Waals surface area contributed by atoms with E-state index in [1.54, 1.807) is 33.6 Å².